The number of anilines is 3. The summed E-state index contributed by atoms with van der Waals surface area (Å²) in [6.45, 7) is 6.04. The lowest BCUT2D eigenvalue weighted by atomic mass is 10.1. The van der Waals surface area contributed by atoms with E-state index in [1.165, 1.54) is 14.7 Å². The number of aromatic nitrogens is 2. The summed E-state index contributed by atoms with van der Waals surface area (Å²) < 4.78 is 33.5. The summed E-state index contributed by atoms with van der Waals surface area (Å²) in [6.07, 6.45) is 4.84. The zero-order chi connectivity index (χ0) is 27.3. The largest absolute Gasteiger partial charge is 0.438 e. The Labute approximate surface area is 224 Å². The fraction of sp³-hybridized carbons (Fsp3) is 0.296. The van der Waals surface area contributed by atoms with Gasteiger partial charge < -0.3 is 15.0 Å². The van der Waals surface area contributed by atoms with Gasteiger partial charge in [-0.15, -0.1) is 0 Å². The standard InChI is InChI=1S/C27H31N7O3S/c1-20-18-22(6-5-12-28)19-21(2)26(20)37-25-11-13-29-27(31-25)30-23-7-9-24(10-8-23)33-14-16-34(17-15-33)38(35,36)32(3)4/h5-11,13,18-19H,14-17H2,1-4H3,(H,29,30,31)/b6-5+. The van der Waals surface area contributed by atoms with Crippen LogP contribution < -0.4 is 15.0 Å². The maximum atomic E-state index is 12.3. The SMILES string of the molecule is Cc1cc(/C=C/C#N)cc(C)c1Oc1ccnc(Nc2ccc(N3CCN(S(=O)(=O)N(C)C)CC3)cc2)n1. The van der Waals surface area contributed by atoms with Gasteiger partial charge in [0.15, 0.2) is 0 Å². The highest BCUT2D eigenvalue weighted by molar-refractivity contribution is 7.86. The molecule has 38 heavy (non-hydrogen) atoms. The minimum atomic E-state index is -3.39. The first-order valence-corrected chi connectivity index (χ1v) is 13.5. The van der Waals surface area contributed by atoms with Gasteiger partial charge in [0.05, 0.1) is 6.07 Å². The summed E-state index contributed by atoms with van der Waals surface area (Å²) in [5.74, 6) is 1.53. The van der Waals surface area contributed by atoms with Crippen LogP contribution in [0.25, 0.3) is 6.08 Å². The molecule has 1 fully saturated rings. The maximum Gasteiger partial charge on any atom is 0.281 e. The molecule has 2 heterocycles. The van der Waals surface area contributed by atoms with Gasteiger partial charge in [0.25, 0.3) is 10.2 Å². The van der Waals surface area contributed by atoms with Crippen LogP contribution in [0.2, 0.25) is 0 Å². The third kappa shape index (κ3) is 6.28. The number of benzene rings is 2. The lowest BCUT2D eigenvalue weighted by Crippen LogP contribution is -2.51. The first-order chi connectivity index (χ1) is 18.2. The molecule has 0 unspecified atom stereocenters. The smallest absolute Gasteiger partial charge is 0.281 e. The van der Waals surface area contributed by atoms with Crippen LogP contribution in [0.1, 0.15) is 16.7 Å². The Morgan fingerprint density at radius 1 is 1.05 bits per heavy atom. The molecule has 0 amide bonds. The average Bonchev–Trinajstić information content (AvgIpc) is 2.90. The van der Waals surface area contributed by atoms with Crippen LogP contribution in [0.5, 0.6) is 11.6 Å². The number of ether oxygens (including phenoxy) is 1. The topological polar surface area (TPSA) is 115 Å². The van der Waals surface area contributed by atoms with E-state index in [0.717, 1.165) is 28.1 Å². The van der Waals surface area contributed by atoms with Gasteiger partial charge >= 0.3 is 0 Å². The summed E-state index contributed by atoms with van der Waals surface area (Å²) in [4.78, 5) is 11.0. The highest BCUT2D eigenvalue weighted by Crippen LogP contribution is 2.30. The van der Waals surface area contributed by atoms with Gasteiger partial charge in [-0.2, -0.15) is 27.3 Å². The molecule has 0 spiro atoms. The van der Waals surface area contributed by atoms with Crippen LogP contribution in [0.3, 0.4) is 0 Å². The molecule has 11 heteroatoms. The van der Waals surface area contributed by atoms with Crippen LogP contribution in [0, 0.1) is 25.2 Å². The predicted octanol–water partition coefficient (Wildman–Crippen LogP) is 4.09. The molecular weight excluding hydrogens is 502 g/mol. The van der Waals surface area contributed by atoms with E-state index in [4.69, 9.17) is 10.00 Å². The molecule has 2 aromatic carbocycles. The Hall–Kier alpha value is -3.98. The van der Waals surface area contributed by atoms with E-state index < -0.39 is 10.2 Å². The summed E-state index contributed by atoms with van der Waals surface area (Å²) in [5, 5.41) is 12.0. The van der Waals surface area contributed by atoms with Crippen LogP contribution in [0.15, 0.2) is 54.7 Å². The predicted molar refractivity (Wildman–Crippen MR) is 149 cm³/mol. The van der Waals surface area contributed by atoms with Gasteiger partial charge in [-0.05, 0) is 73.0 Å². The van der Waals surface area contributed by atoms with Crippen molar-refractivity contribution in [3.8, 4) is 17.7 Å². The monoisotopic (exact) mass is 533 g/mol. The molecule has 0 radical (unpaired) electrons. The summed E-state index contributed by atoms with van der Waals surface area (Å²) in [5.41, 5.74) is 4.65. The first-order valence-electron chi connectivity index (χ1n) is 12.2. The Bertz CT molecular complexity index is 1430. The maximum absolute atomic E-state index is 12.3. The molecule has 198 valence electrons. The number of nitrogens with one attached hydrogen (secondary N) is 1. The van der Waals surface area contributed by atoms with Crippen molar-refractivity contribution >= 4 is 33.6 Å². The molecule has 1 aromatic heterocycles. The number of piperazine rings is 1. The molecule has 1 N–H and O–H groups in total. The van der Waals surface area contributed by atoms with Crippen molar-refractivity contribution in [2.45, 2.75) is 13.8 Å². The minimum absolute atomic E-state index is 0.404. The van der Waals surface area contributed by atoms with Crippen LogP contribution in [0.4, 0.5) is 17.3 Å². The van der Waals surface area contributed by atoms with Crippen molar-refractivity contribution in [1.82, 2.24) is 18.6 Å². The van der Waals surface area contributed by atoms with Crippen molar-refractivity contribution in [2.75, 3.05) is 50.5 Å². The van der Waals surface area contributed by atoms with Crippen LogP contribution in [-0.2, 0) is 10.2 Å². The molecule has 0 atom stereocenters. The zero-order valence-electron chi connectivity index (χ0n) is 21.9. The lowest BCUT2D eigenvalue weighted by molar-refractivity contribution is 0.355. The third-order valence-electron chi connectivity index (χ3n) is 6.18. The lowest BCUT2D eigenvalue weighted by Gasteiger charge is -2.36. The van der Waals surface area contributed by atoms with E-state index in [1.54, 1.807) is 32.4 Å². The van der Waals surface area contributed by atoms with Gasteiger partial charge in [-0.3, -0.25) is 0 Å². The highest BCUT2D eigenvalue weighted by Gasteiger charge is 2.28. The fourth-order valence-electron chi connectivity index (χ4n) is 4.23. The van der Waals surface area contributed by atoms with Gasteiger partial charge in [0.2, 0.25) is 11.8 Å². The second-order valence-corrected chi connectivity index (χ2v) is 11.3. The molecule has 1 saturated heterocycles. The number of allylic oxidation sites excluding steroid dienone is 1. The highest BCUT2D eigenvalue weighted by atomic mass is 32.2. The fourth-order valence-corrected chi connectivity index (χ4v) is 5.32. The summed E-state index contributed by atoms with van der Waals surface area (Å²) >= 11 is 0. The van der Waals surface area contributed by atoms with E-state index in [9.17, 15) is 8.42 Å². The van der Waals surface area contributed by atoms with E-state index >= 15 is 0 Å². The molecule has 3 aromatic rings. The van der Waals surface area contributed by atoms with Gasteiger partial charge in [-0.1, -0.05) is 0 Å². The molecular formula is C27H31N7O3S. The molecule has 0 saturated carbocycles. The second-order valence-electron chi connectivity index (χ2n) is 9.11. The van der Waals surface area contributed by atoms with Crippen molar-refractivity contribution in [3.63, 3.8) is 0 Å². The molecule has 0 bridgehead atoms. The van der Waals surface area contributed by atoms with Crippen LogP contribution >= 0.6 is 0 Å². The number of hydrogen-bond acceptors (Lipinski definition) is 8. The number of nitrogens with zero attached hydrogens (tertiary/aromatic N) is 6. The zero-order valence-corrected chi connectivity index (χ0v) is 22.7. The quantitative estimate of drug-likeness (QED) is 0.431. The normalized spacial score (nSPS) is 14.6. The van der Waals surface area contributed by atoms with Gasteiger partial charge in [0.1, 0.15) is 5.75 Å². The van der Waals surface area contributed by atoms with E-state index in [2.05, 4.69) is 20.2 Å². The number of nitriles is 1. The minimum Gasteiger partial charge on any atom is -0.438 e. The summed E-state index contributed by atoms with van der Waals surface area (Å²) in [6, 6.07) is 15.5. The molecule has 10 nitrogen and oxygen atoms in total. The third-order valence-corrected chi connectivity index (χ3v) is 8.13. The van der Waals surface area contributed by atoms with E-state index in [-0.39, 0.29) is 0 Å². The van der Waals surface area contributed by atoms with Gasteiger partial charge in [-0.25, -0.2) is 4.98 Å². The van der Waals surface area contributed by atoms with Crippen molar-refractivity contribution in [2.24, 2.45) is 0 Å². The van der Waals surface area contributed by atoms with Crippen molar-refractivity contribution < 1.29 is 13.2 Å². The molecule has 4 rings (SSSR count). The van der Waals surface area contributed by atoms with E-state index in [0.29, 0.717) is 43.8 Å². The first kappa shape index (κ1) is 27.1. The number of rotatable bonds is 8. The number of hydrogen-bond donors (Lipinski definition) is 1. The van der Waals surface area contributed by atoms with Gasteiger partial charge in [0, 0.05) is 70.0 Å². The van der Waals surface area contributed by atoms with Crippen molar-refractivity contribution in [1.29, 1.82) is 5.26 Å². The molecule has 0 aliphatic carbocycles. The Balaban J connectivity index is 1.39. The molecule has 1 aliphatic heterocycles. The van der Waals surface area contributed by atoms with Crippen LogP contribution in [-0.4, -0.2) is 67.3 Å². The molecule has 1 aliphatic rings. The summed E-state index contributed by atoms with van der Waals surface area (Å²) in [7, 11) is -0.286. The Morgan fingerprint density at radius 2 is 1.71 bits per heavy atom. The van der Waals surface area contributed by atoms with Crippen molar-refractivity contribution in [3.05, 3.63) is 71.4 Å². The number of aryl methyl sites for hydroxylation is 2. The Morgan fingerprint density at radius 3 is 2.32 bits per heavy atom. The average molecular weight is 534 g/mol. The second kappa shape index (κ2) is 11.6. The Kier molecular flexibility index (Phi) is 8.26. The van der Waals surface area contributed by atoms with E-state index in [1.807, 2.05) is 56.3 Å².